The highest BCUT2D eigenvalue weighted by atomic mass is 32.2. The first kappa shape index (κ1) is 18.1. The first-order valence-electron chi connectivity index (χ1n) is 7.99. The van der Waals surface area contributed by atoms with Crippen LogP contribution in [-0.2, 0) is 9.59 Å². The largest absolute Gasteiger partial charge is 0.481 e. The van der Waals surface area contributed by atoms with Crippen molar-refractivity contribution in [1.29, 1.82) is 0 Å². The van der Waals surface area contributed by atoms with Gasteiger partial charge in [0.05, 0.1) is 0 Å². The number of carbonyl (C=O) groups excluding carboxylic acids is 1. The lowest BCUT2D eigenvalue weighted by molar-refractivity contribution is -0.156. The summed E-state index contributed by atoms with van der Waals surface area (Å²) in [4.78, 5) is 26.2. The van der Waals surface area contributed by atoms with E-state index in [0.29, 0.717) is 11.0 Å². The molecule has 4 unspecified atom stereocenters. The Morgan fingerprint density at radius 2 is 2.15 bits per heavy atom. The Morgan fingerprint density at radius 1 is 1.41 bits per heavy atom. The fourth-order valence-corrected chi connectivity index (χ4v) is 6.32. The summed E-state index contributed by atoms with van der Waals surface area (Å²) < 4.78 is 0. The fourth-order valence-electron chi connectivity index (χ4n) is 3.44. The lowest BCUT2D eigenvalue weighted by atomic mass is 9.78. The van der Waals surface area contributed by atoms with Gasteiger partial charge < -0.3 is 15.7 Å². The van der Waals surface area contributed by atoms with Gasteiger partial charge in [-0.25, -0.2) is 10.2 Å². The molecule has 13 nitrogen and oxygen atoms in total. The number of rotatable bonds is 6. The number of β-lactam (4-membered cyclic amide) rings is 1. The van der Waals surface area contributed by atoms with Crippen molar-refractivity contribution in [3.8, 4) is 0 Å². The number of carbonyl (C=O) groups is 2. The van der Waals surface area contributed by atoms with Gasteiger partial charge in [-0.15, -0.1) is 22.0 Å². The molecular formula is C12H16N10O3S2. The average molecular weight is 412 g/mol. The summed E-state index contributed by atoms with van der Waals surface area (Å²) in [5.41, 5.74) is 4.57. The van der Waals surface area contributed by atoms with E-state index in [1.807, 2.05) is 6.92 Å². The first-order chi connectivity index (χ1) is 12.9. The number of amides is 1. The second kappa shape index (κ2) is 6.72. The number of nitrogens with one attached hydrogen (secondary N) is 2. The van der Waals surface area contributed by atoms with E-state index < -0.39 is 22.7 Å². The minimum Gasteiger partial charge on any atom is -0.481 e. The molecule has 15 heteroatoms. The van der Waals surface area contributed by atoms with Crippen LogP contribution >= 0.6 is 23.5 Å². The van der Waals surface area contributed by atoms with E-state index in [4.69, 9.17) is 5.73 Å². The highest BCUT2D eigenvalue weighted by Crippen LogP contribution is 2.50. The zero-order chi connectivity index (χ0) is 19.2. The molecule has 0 bridgehead atoms. The van der Waals surface area contributed by atoms with Gasteiger partial charge in [-0.3, -0.25) is 9.59 Å². The van der Waals surface area contributed by atoms with Crippen molar-refractivity contribution in [2.45, 2.75) is 34.7 Å². The van der Waals surface area contributed by atoms with Crippen molar-refractivity contribution in [3.05, 3.63) is 5.82 Å². The molecule has 5 N–H and O–H groups in total. The van der Waals surface area contributed by atoms with Crippen molar-refractivity contribution in [3.63, 3.8) is 0 Å². The monoisotopic (exact) mass is 412 g/mol. The number of aromatic nitrogens is 8. The van der Waals surface area contributed by atoms with Gasteiger partial charge in [-0.05, 0) is 20.9 Å². The summed E-state index contributed by atoms with van der Waals surface area (Å²) >= 11 is 2.57. The third-order valence-electron chi connectivity index (χ3n) is 4.93. The lowest BCUT2D eigenvalue weighted by Gasteiger charge is -2.54. The molecule has 2 aliphatic rings. The number of thioether (sulfide) groups is 2. The van der Waals surface area contributed by atoms with Gasteiger partial charge in [0.1, 0.15) is 16.8 Å². The summed E-state index contributed by atoms with van der Waals surface area (Å²) in [6.07, 6.45) is 0. The average Bonchev–Trinajstić information content (AvgIpc) is 3.38. The van der Waals surface area contributed by atoms with Crippen LogP contribution in [0.2, 0.25) is 0 Å². The number of hydrogen-bond donors (Lipinski definition) is 4. The molecule has 27 heavy (non-hydrogen) atoms. The maximum atomic E-state index is 12.5. The highest BCUT2D eigenvalue weighted by Gasteiger charge is 2.60. The van der Waals surface area contributed by atoms with Crippen LogP contribution in [0.1, 0.15) is 18.7 Å². The molecule has 2 aliphatic heterocycles. The summed E-state index contributed by atoms with van der Waals surface area (Å²) in [7, 11) is 0. The normalized spacial score (nSPS) is 29.7. The van der Waals surface area contributed by atoms with Crippen LogP contribution < -0.4 is 5.73 Å². The molecule has 0 aliphatic carbocycles. The van der Waals surface area contributed by atoms with Gasteiger partial charge in [0.2, 0.25) is 11.1 Å². The Bertz CT molecular complexity index is 833. The smallest absolute Gasteiger partial charge is 0.313 e. The minimum atomic E-state index is -1.26. The lowest BCUT2D eigenvalue weighted by Crippen LogP contribution is -2.73. The van der Waals surface area contributed by atoms with Crippen molar-refractivity contribution >= 4 is 35.4 Å². The molecule has 2 aromatic heterocycles. The summed E-state index contributed by atoms with van der Waals surface area (Å²) in [6, 6.07) is -0.581. The molecule has 5 atom stereocenters. The van der Waals surface area contributed by atoms with Gasteiger partial charge >= 0.3 is 5.97 Å². The number of carboxylic acids is 1. The van der Waals surface area contributed by atoms with Crippen LogP contribution in [0.3, 0.4) is 0 Å². The van der Waals surface area contributed by atoms with Gasteiger partial charge in [-0.2, -0.15) is 0 Å². The quantitative estimate of drug-likeness (QED) is 0.310. The second-order valence-electron chi connectivity index (χ2n) is 6.47. The van der Waals surface area contributed by atoms with E-state index in [9.17, 15) is 14.7 Å². The van der Waals surface area contributed by atoms with Crippen LogP contribution in [-0.4, -0.2) is 92.1 Å². The Kier molecular flexibility index (Phi) is 4.51. The van der Waals surface area contributed by atoms with Gasteiger partial charge in [0, 0.05) is 23.5 Å². The van der Waals surface area contributed by atoms with Crippen molar-refractivity contribution in [2.24, 2.45) is 11.1 Å². The number of carboxylic acid groups (broad SMARTS) is 1. The van der Waals surface area contributed by atoms with Gasteiger partial charge in [0.15, 0.2) is 5.82 Å². The Morgan fingerprint density at radius 3 is 2.78 bits per heavy atom. The van der Waals surface area contributed by atoms with E-state index in [1.165, 1.54) is 28.4 Å². The Hall–Kier alpha value is -2.26. The number of nitrogens with zero attached hydrogens (tertiary/aromatic N) is 7. The molecule has 0 saturated carbocycles. The number of fused-ring (bicyclic) bond motifs is 1. The molecule has 2 saturated heterocycles. The molecule has 0 aromatic carbocycles. The third-order valence-corrected chi connectivity index (χ3v) is 8.01. The molecule has 2 aromatic rings. The Balaban J connectivity index is 1.71. The maximum absolute atomic E-state index is 12.5. The van der Waals surface area contributed by atoms with E-state index in [2.05, 4.69) is 41.2 Å². The van der Waals surface area contributed by atoms with Crippen LogP contribution in [0.25, 0.3) is 0 Å². The highest BCUT2D eigenvalue weighted by molar-refractivity contribution is 8.01. The first-order valence-corrected chi connectivity index (χ1v) is 9.92. The molecular weight excluding hydrogens is 396 g/mol. The SMILES string of the molecule is CC(c1nnn[nH]1)C(Sc1nnn[nH]1)C1(C(=O)O)CS[C@@H]2C(N)C(=O)N2C1. The van der Waals surface area contributed by atoms with E-state index in [1.54, 1.807) is 0 Å². The summed E-state index contributed by atoms with van der Waals surface area (Å²) in [6.45, 7) is 1.88. The van der Waals surface area contributed by atoms with Crippen LogP contribution in [0.4, 0.5) is 0 Å². The molecule has 4 heterocycles. The standard InChI is InChI=1S/C12H16N10O3S2/c1-4(7-14-18-19-15-7)6(27-11-16-20-21-17-11)12(10(24)25)2-22-8(23)5(13)9(22)26-3-12/h4-6,9H,2-3,13H2,1H3,(H,24,25)(H,14,15,18,19)(H,16,17,20,21)/t4?,5?,6?,9-,12?/m1/s1. The van der Waals surface area contributed by atoms with Gasteiger partial charge in [-0.1, -0.05) is 18.7 Å². The maximum Gasteiger partial charge on any atom is 0.313 e. The van der Waals surface area contributed by atoms with Crippen LogP contribution in [0.5, 0.6) is 0 Å². The number of H-pyrrole nitrogens is 2. The number of aromatic amines is 2. The molecule has 4 rings (SSSR count). The van der Waals surface area contributed by atoms with Crippen molar-refractivity contribution in [2.75, 3.05) is 12.3 Å². The van der Waals surface area contributed by atoms with E-state index in [0.717, 1.165) is 0 Å². The fraction of sp³-hybridized carbons (Fsp3) is 0.667. The topological polar surface area (TPSA) is 193 Å². The zero-order valence-corrected chi connectivity index (χ0v) is 15.6. The molecule has 2 fully saturated rings. The van der Waals surface area contributed by atoms with E-state index in [-0.39, 0.29) is 29.5 Å². The van der Waals surface area contributed by atoms with Crippen LogP contribution in [0, 0.1) is 5.41 Å². The van der Waals surface area contributed by atoms with Crippen molar-refractivity contribution in [1.82, 2.24) is 46.1 Å². The Labute approximate surface area is 160 Å². The molecule has 144 valence electrons. The zero-order valence-electron chi connectivity index (χ0n) is 14.0. The van der Waals surface area contributed by atoms with Gasteiger partial charge in [0.25, 0.3) is 0 Å². The minimum absolute atomic E-state index is 0.0532. The third kappa shape index (κ3) is 2.85. The van der Waals surface area contributed by atoms with E-state index >= 15 is 0 Å². The molecule has 0 spiro atoms. The molecule has 0 radical (unpaired) electrons. The summed E-state index contributed by atoms with van der Waals surface area (Å²) in [5.74, 6) is -0.897. The summed E-state index contributed by atoms with van der Waals surface area (Å²) in [5, 5.41) is 37.2. The van der Waals surface area contributed by atoms with Crippen LogP contribution in [0.15, 0.2) is 5.16 Å². The predicted octanol–water partition coefficient (Wildman–Crippen LogP) is -1.71. The predicted molar refractivity (Wildman–Crippen MR) is 92.4 cm³/mol. The number of tetrazole rings is 2. The molecule has 1 amide bonds. The number of nitrogens with two attached hydrogens (primary N) is 1. The van der Waals surface area contributed by atoms with Crippen molar-refractivity contribution < 1.29 is 14.7 Å². The number of hydrogen-bond acceptors (Lipinski definition) is 11. The second-order valence-corrected chi connectivity index (χ2v) is 8.71. The number of aliphatic carboxylic acids is 1.